The van der Waals surface area contributed by atoms with E-state index in [9.17, 15) is 0 Å². The van der Waals surface area contributed by atoms with Crippen molar-refractivity contribution in [2.45, 2.75) is 29.7 Å². The summed E-state index contributed by atoms with van der Waals surface area (Å²) in [6.07, 6.45) is 1.35. The van der Waals surface area contributed by atoms with Crippen LogP contribution in [0.5, 0.6) is 0 Å². The van der Waals surface area contributed by atoms with E-state index >= 15 is 0 Å². The zero-order valence-corrected chi connectivity index (χ0v) is 11.6. The summed E-state index contributed by atoms with van der Waals surface area (Å²) in [6, 6.07) is 2.05. The van der Waals surface area contributed by atoms with E-state index in [1.807, 2.05) is 5.38 Å². The SMILES string of the molecule is CC1OCCC1Sc1nc(Cl)nc2sccc12. The minimum absolute atomic E-state index is 0.280. The van der Waals surface area contributed by atoms with Gasteiger partial charge in [0.25, 0.3) is 0 Å². The van der Waals surface area contributed by atoms with Crippen molar-refractivity contribution in [2.24, 2.45) is 0 Å². The maximum Gasteiger partial charge on any atom is 0.224 e. The summed E-state index contributed by atoms with van der Waals surface area (Å²) in [5.41, 5.74) is 0. The van der Waals surface area contributed by atoms with E-state index < -0.39 is 0 Å². The van der Waals surface area contributed by atoms with Gasteiger partial charge in [-0.2, -0.15) is 0 Å². The molecule has 1 fully saturated rings. The first-order valence-electron chi connectivity index (χ1n) is 5.43. The molecule has 1 aliphatic rings. The Bertz CT molecular complexity index is 545. The highest BCUT2D eigenvalue weighted by atomic mass is 35.5. The van der Waals surface area contributed by atoms with Crippen LogP contribution in [-0.2, 0) is 4.74 Å². The van der Waals surface area contributed by atoms with Gasteiger partial charge in [-0.05, 0) is 36.4 Å². The monoisotopic (exact) mass is 286 g/mol. The van der Waals surface area contributed by atoms with E-state index in [0.29, 0.717) is 10.5 Å². The van der Waals surface area contributed by atoms with Crippen molar-refractivity contribution < 1.29 is 4.74 Å². The van der Waals surface area contributed by atoms with Gasteiger partial charge in [-0.3, -0.25) is 0 Å². The van der Waals surface area contributed by atoms with Gasteiger partial charge in [0.1, 0.15) is 9.86 Å². The average Bonchev–Trinajstić information content (AvgIpc) is 2.88. The average molecular weight is 287 g/mol. The molecule has 1 saturated heterocycles. The largest absolute Gasteiger partial charge is 0.377 e. The molecule has 2 atom stereocenters. The Hall–Kier alpha value is -0.360. The normalized spacial score (nSPS) is 24.6. The second-order valence-electron chi connectivity index (χ2n) is 3.96. The molecule has 2 aromatic rings. The second kappa shape index (κ2) is 4.72. The smallest absolute Gasteiger partial charge is 0.224 e. The molecule has 0 aromatic carbocycles. The first-order chi connectivity index (χ1) is 8.24. The number of nitrogens with zero attached hydrogens (tertiary/aromatic N) is 2. The van der Waals surface area contributed by atoms with Crippen LogP contribution in [0.3, 0.4) is 0 Å². The molecule has 17 heavy (non-hydrogen) atoms. The Morgan fingerprint density at radius 3 is 3.18 bits per heavy atom. The highest BCUT2D eigenvalue weighted by molar-refractivity contribution is 8.00. The molecular formula is C11H11ClN2OS2. The summed E-state index contributed by atoms with van der Waals surface area (Å²) in [5.74, 6) is 0. The standard InChI is InChI=1S/C11H11ClN2OS2/c1-6-8(2-4-15-6)17-10-7-3-5-16-9(7)13-11(12)14-10/h3,5-6,8H,2,4H2,1H3. The predicted molar refractivity (Wildman–Crippen MR) is 72.1 cm³/mol. The van der Waals surface area contributed by atoms with Crippen LogP contribution in [0.2, 0.25) is 5.28 Å². The number of rotatable bonds is 2. The number of thiophene rings is 1. The van der Waals surface area contributed by atoms with Crippen LogP contribution < -0.4 is 0 Å². The third-order valence-corrected chi connectivity index (χ3v) is 5.26. The fraction of sp³-hybridized carbons (Fsp3) is 0.455. The number of hydrogen-bond acceptors (Lipinski definition) is 5. The Labute approximate surface area is 113 Å². The van der Waals surface area contributed by atoms with Crippen molar-refractivity contribution in [3.63, 3.8) is 0 Å². The third-order valence-electron chi connectivity index (χ3n) is 2.83. The Morgan fingerprint density at radius 2 is 2.41 bits per heavy atom. The lowest BCUT2D eigenvalue weighted by atomic mass is 10.3. The maximum atomic E-state index is 5.94. The van der Waals surface area contributed by atoms with E-state index in [1.54, 1.807) is 23.1 Å². The third kappa shape index (κ3) is 2.29. The molecule has 0 saturated carbocycles. The Kier molecular flexibility index (Phi) is 3.25. The van der Waals surface area contributed by atoms with E-state index in [-0.39, 0.29) is 6.10 Å². The molecule has 3 heterocycles. The number of fused-ring (bicyclic) bond motifs is 1. The van der Waals surface area contributed by atoms with Crippen LogP contribution >= 0.6 is 34.7 Å². The molecule has 1 aliphatic heterocycles. The predicted octanol–water partition coefficient (Wildman–Crippen LogP) is 3.61. The molecule has 0 spiro atoms. The first kappa shape index (κ1) is 11.7. The quantitative estimate of drug-likeness (QED) is 0.624. The fourth-order valence-corrected chi connectivity index (χ4v) is 4.20. The van der Waals surface area contributed by atoms with Crippen molar-refractivity contribution in [2.75, 3.05) is 6.61 Å². The van der Waals surface area contributed by atoms with E-state index in [4.69, 9.17) is 16.3 Å². The van der Waals surface area contributed by atoms with Gasteiger partial charge in [-0.25, -0.2) is 9.97 Å². The molecule has 0 radical (unpaired) electrons. The molecule has 0 amide bonds. The second-order valence-corrected chi connectivity index (χ2v) is 6.42. The summed E-state index contributed by atoms with van der Waals surface area (Å²) in [4.78, 5) is 9.52. The summed E-state index contributed by atoms with van der Waals surface area (Å²) in [6.45, 7) is 2.95. The highest BCUT2D eigenvalue weighted by Crippen LogP contribution is 2.36. The van der Waals surface area contributed by atoms with Crippen LogP contribution in [0.25, 0.3) is 10.2 Å². The summed E-state index contributed by atoms with van der Waals surface area (Å²) in [7, 11) is 0. The molecule has 0 aliphatic carbocycles. The first-order valence-corrected chi connectivity index (χ1v) is 7.57. The summed E-state index contributed by atoms with van der Waals surface area (Å²) in [5, 5.41) is 4.89. The zero-order valence-electron chi connectivity index (χ0n) is 9.22. The summed E-state index contributed by atoms with van der Waals surface area (Å²) < 4.78 is 5.57. The van der Waals surface area contributed by atoms with Crippen LogP contribution in [0.15, 0.2) is 16.5 Å². The van der Waals surface area contributed by atoms with Crippen molar-refractivity contribution >= 4 is 44.9 Å². The van der Waals surface area contributed by atoms with Gasteiger partial charge in [0.2, 0.25) is 5.28 Å². The number of halogens is 1. The van der Waals surface area contributed by atoms with Gasteiger partial charge in [-0.15, -0.1) is 11.3 Å². The zero-order chi connectivity index (χ0) is 11.8. The molecule has 3 rings (SSSR count). The van der Waals surface area contributed by atoms with E-state index in [2.05, 4.69) is 23.0 Å². The lowest BCUT2D eigenvalue weighted by molar-refractivity contribution is 0.127. The highest BCUT2D eigenvalue weighted by Gasteiger charge is 2.26. The van der Waals surface area contributed by atoms with Crippen molar-refractivity contribution in [3.8, 4) is 0 Å². The molecule has 3 nitrogen and oxygen atoms in total. The molecule has 0 bridgehead atoms. The lowest BCUT2D eigenvalue weighted by Crippen LogP contribution is -2.13. The molecule has 90 valence electrons. The molecule has 6 heteroatoms. The molecule has 0 N–H and O–H groups in total. The van der Waals surface area contributed by atoms with Crippen LogP contribution in [0.4, 0.5) is 0 Å². The topological polar surface area (TPSA) is 35.0 Å². The van der Waals surface area contributed by atoms with Crippen LogP contribution in [0, 0.1) is 0 Å². The van der Waals surface area contributed by atoms with Crippen molar-refractivity contribution in [1.29, 1.82) is 0 Å². The van der Waals surface area contributed by atoms with Crippen LogP contribution in [-0.4, -0.2) is 27.9 Å². The van der Waals surface area contributed by atoms with Gasteiger partial charge in [0.05, 0.1) is 6.10 Å². The van der Waals surface area contributed by atoms with Crippen molar-refractivity contribution in [1.82, 2.24) is 9.97 Å². The van der Waals surface area contributed by atoms with Gasteiger partial charge in [0.15, 0.2) is 0 Å². The Morgan fingerprint density at radius 1 is 1.53 bits per heavy atom. The number of ether oxygens (including phenoxy) is 1. The lowest BCUT2D eigenvalue weighted by Gasteiger charge is -2.13. The van der Waals surface area contributed by atoms with Crippen LogP contribution in [0.1, 0.15) is 13.3 Å². The number of hydrogen-bond donors (Lipinski definition) is 0. The van der Waals surface area contributed by atoms with Gasteiger partial charge < -0.3 is 4.74 Å². The van der Waals surface area contributed by atoms with Crippen molar-refractivity contribution in [3.05, 3.63) is 16.7 Å². The molecule has 2 unspecified atom stereocenters. The van der Waals surface area contributed by atoms with Gasteiger partial charge >= 0.3 is 0 Å². The maximum absolute atomic E-state index is 5.94. The Balaban J connectivity index is 1.96. The van der Waals surface area contributed by atoms with E-state index in [1.165, 1.54) is 0 Å². The molecule has 2 aromatic heterocycles. The number of thioether (sulfide) groups is 1. The summed E-state index contributed by atoms with van der Waals surface area (Å²) >= 11 is 9.29. The van der Waals surface area contributed by atoms with E-state index in [0.717, 1.165) is 28.3 Å². The molecular weight excluding hydrogens is 276 g/mol. The van der Waals surface area contributed by atoms with Gasteiger partial charge in [-0.1, -0.05) is 11.8 Å². The van der Waals surface area contributed by atoms with Gasteiger partial charge in [0, 0.05) is 17.2 Å². The number of aromatic nitrogens is 2. The fourth-order valence-electron chi connectivity index (χ4n) is 1.90. The minimum Gasteiger partial charge on any atom is -0.377 e. The minimum atomic E-state index is 0.280.